The average molecular weight is 285 g/mol. The molecule has 4 heteroatoms. The van der Waals surface area contributed by atoms with Gasteiger partial charge in [-0.2, -0.15) is 0 Å². The zero-order valence-corrected chi connectivity index (χ0v) is 12.0. The Kier molecular flexibility index (Phi) is 5.64. The first-order chi connectivity index (χ1) is 10.3. The van der Waals surface area contributed by atoms with Crippen LogP contribution < -0.4 is 10.1 Å². The van der Waals surface area contributed by atoms with Crippen molar-refractivity contribution >= 4 is 11.8 Å². The predicted molar refractivity (Wildman–Crippen MR) is 82.7 cm³/mol. The molecule has 2 aromatic rings. The van der Waals surface area contributed by atoms with E-state index >= 15 is 0 Å². The van der Waals surface area contributed by atoms with Gasteiger partial charge in [-0.25, -0.2) is 4.79 Å². The lowest BCUT2D eigenvalue weighted by atomic mass is 10.1. The number of ether oxygens (including phenoxy) is 2. The van der Waals surface area contributed by atoms with E-state index in [1.165, 1.54) is 5.56 Å². The van der Waals surface area contributed by atoms with Crippen LogP contribution in [0.2, 0.25) is 0 Å². The Hall–Kier alpha value is -2.49. The summed E-state index contributed by atoms with van der Waals surface area (Å²) in [6.45, 7) is 0.400. The van der Waals surface area contributed by atoms with Crippen molar-refractivity contribution in [2.75, 3.05) is 19.0 Å². The van der Waals surface area contributed by atoms with E-state index in [1.807, 2.05) is 18.2 Å². The highest BCUT2D eigenvalue weighted by Gasteiger charge is 2.03. The molecule has 0 unspecified atom stereocenters. The third-order valence-electron chi connectivity index (χ3n) is 3.02. The fourth-order valence-electron chi connectivity index (χ4n) is 1.91. The highest BCUT2D eigenvalue weighted by molar-refractivity contribution is 5.84. The normalized spacial score (nSPS) is 9.95. The van der Waals surface area contributed by atoms with E-state index in [4.69, 9.17) is 9.47 Å². The summed E-state index contributed by atoms with van der Waals surface area (Å²) in [5, 5.41) is 2.68. The number of rotatable bonds is 6. The van der Waals surface area contributed by atoms with Crippen LogP contribution in [0.3, 0.4) is 0 Å². The number of aryl methyl sites for hydroxylation is 1. The van der Waals surface area contributed by atoms with Crippen LogP contribution in [0, 0.1) is 0 Å². The number of methoxy groups -OCH3 is 1. The maximum atomic E-state index is 11.6. The quantitative estimate of drug-likeness (QED) is 0.819. The highest BCUT2D eigenvalue weighted by Crippen LogP contribution is 2.15. The second kappa shape index (κ2) is 7.94. The van der Waals surface area contributed by atoms with Gasteiger partial charge in [-0.15, -0.1) is 0 Å². The summed E-state index contributed by atoms with van der Waals surface area (Å²) in [5.41, 5.74) is 1.93. The van der Waals surface area contributed by atoms with Crippen molar-refractivity contribution in [3.8, 4) is 5.75 Å². The van der Waals surface area contributed by atoms with Crippen molar-refractivity contribution < 1.29 is 14.3 Å². The molecule has 21 heavy (non-hydrogen) atoms. The van der Waals surface area contributed by atoms with Crippen molar-refractivity contribution in [1.82, 2.24) is 0 Å². The molecular formula is C17H19NO3. The van der Waals surface area contributed by atoms with E-state index in [0.717, 1.165) is 18.6 Å². The standard InChI is InChI=1S/C17H19NO3/c1-20-16-11-9-15(10-12-16)18-17(19)21-13-5-8-14-6-3-2-4-7-14/h2-4,6-7,9-12H,5,8,13H2,1H3,(H,18,19). The van der Waals surface area contributed by atoms with Crippen LogP contribution in [0.25, 0.3) is 0 Å². The Morgan fingerprint density at radius 2 is 1.76 bits per heavy atom. The SMILES string of the molecule is COc1ccc(NC(=O)OCCCc2ccccc2)cc1. The Morgan fingerprint density at radius 3 is 2.43 bits per heavy atom. The Morgan fingerprint density at radius 1 is 1.05 bits per heavy atom. The van der Waals surface area contributed by atoms with Crippen LogP contribution in [0.15, 0.2) is 54.6 Å². The van der Waals surface area contributed by atoms with Gasteiger partial charge in [0.05, 0.1) is 13.7 Å². The number of hydrogen-bond acceptors (Lipinski definition) is 3. The monoisotopic (exact) mass is 285 g/mol. The van der Waals surface area contributed by atoms with Crippen LogP contribution in [-0.2, 0) is 11.2 Å². The molecule has 0 bridgehead atoms. The molecule has 4 nitrogen and oxygen atoms in total. The molecule has 1 amide bonds. The fraction of sp³-hybridized carbons (Fsp3) is 0.235. The van der Waals surface area contributed by atoms with Gasteiger partial charge in [-0.1, -0.05) is 30.3 Å². The van der Waals surface area contributed by atoms with Crippen molar-refractivity contribution in [3.63, 3.8) is 0 Å². The second-order valence-electron chi connectivity index (χ2n) is 4.58. The van der Waals surface area contributed by atoms with Gasteiger partial charge in [0, 0.05) is 5.69 Å². The number of carbonyl (C=O) groups excluding carboxylic acids is 1. The van der Waals surface area contributed by atoms with Gasteiger partial charge in [0.25, 0.3) is 0 Å². The molecular weight excluding hydrogens is 266 g/mol. The summed E-state index contributed by atoms with van der Waals surface area (Å²) in [4.78, 5) is 11.6. The number of benzene rings is 2. The molecule has 1 N–H and O–H groups in total. The lowest BCUT2D eigenvalue weighted by Gasteiger charge is -2.07. The summed E-state index contributed by atoms with van der Waals surface area (Å²) in [6.07, 6.45) is 1.27. The molecule has 0 aliphatic heterocycles. The van der Waals surface area contributed by atoms with Gasteiger partial charge in [0.2, 0.25) is 0 Å². The van der Waals surface area contributed by atoms with Crippen molar-refractivity contribution in [2.45, 2.75) is 12.8 Å². The minimum absolute atomic E-state index is 0.400. The molecule has 0 saturated heterocycles. The van der Waals surface area contributed by atoms with Gasteiger partial charge >= 0.3 is 6.09 Å². The van der Waals surface area contributed by atoms with E-state index in [0.29, 0.717) is 12.3 Å². The molecule has 0 fully saturated rings. The van der Waals surface area contributed by atoms with Crippen LogP contribution in [-0.4, -0.2) is 19.8 Å². The van der Waals surface area contributed by atoms with Crippen molar-refractivity contribution in [2.24, 2.45) is 0 Å². The van der Waals surface area contributed by atoms with Crippen molar-refractivity contribution in [3.05, 3.63) is 60.2 Å². The van der Waals surface area contributed by atoms with E-state index in [2.05, 4.69) is 17.4 Å². The maximum absolute atomic E-state index is 11.6. The molecule has 0 spiro atoms. The number of nitrogens with one attached hydrogen (secondary N) is 1. The minimum Gasteiger partial charge on any atom is -0.497 e. The fourth-order valence-corrected chi connectivity index (χ4v) is 1.91. The smallest absolute Gasteiger partial charge is 0.411 e. The summed E-state index contributed by atoms with van der Waals surface area (Å²) < 4.78 is 10.2. The summed E-state index contributed by atoms with van der Waals surface area (Å²) in [6, 6.07) is 17.2. The van der Waals surface area contributed by atoms with Crippen LogP contribution in [0.1, 0.15) is 12.0 Å². The first-order valence-corrected chi connectivity index (χ1v) is 6.89. The lowest BCUT2D eigenvalue weighted by Crippen LogP contribution is -2.14. The molecule has 2 aromatic carbocycles. The first-order valence-electron chi connectivity index (χ1n) is 6.89. The molecule has 0 aromatic heterocycles. The third-order valence-corrected chi connectivity index (χ3v) is 3.02. The Balaban J connectivity index is 1.67. The molecule has 0 aliphatic carbocycles. The topological polar surface area (TPSA) is 47.6 Å². The van der Waals surface area contributed by atoms with Crippen LogP contribution in [0.5, 0.6) is 5.75 Å². The molecule has 0 saturated carbocycles. The Labute approximate surface area is 124 Å². The molecule has 110 valence electrons. The minimum atomic E-state index is -0.437. The van der Waals surface area contributed by atoms with Gasteiger partial charge in [-0.05, 0) is 42.7 Å². The zero-order valence-electron chi connectivity index (χ0n) is 12.0. The van der Waals surface area contributed by atoms with E-state index < -0.39 is 6.09 Å². The van der Waals surface area contributed by atoms with Gasteiger partial charge in [0.15, 0.2) is 0 Å². The van der Waals surface area contributed by atoms with Gasteiger partial charge < -0.3 is 9.47 Å². The summed E-state index contributed by atoms with van der Waals surface area (Å²) in [7, 11) is 1.60. The summed E-state index contributed by atoms with van der Waals surface area (Å²) >= 11 is 0. The van der Waals surface area contributed by atoms with E-state index in [9.17, 15) is 4.79 Å². The van der Waals surface area contributed by atoms with Crippen molar-refractivity contribution in [1.29, 1.82) is 0 Å². The highest BCUT2D eigenvalue weighted by atomic mass is 16.5. The Bertz CT molecular complexity index is 552. The largest absolute Gasteiger partial charge is 0.497 e. The van der Waals surface area contributed by atoms with Gasteiger partial charge in [0.1, 0.15) is 5.75 Å². The van der Waals surface area contributed by atoms with E-state index in [1.54, 1.807) is 31.4 Å². The lowest BCUT2D eigenvalue weighted by molar-refractivity contribution is 0.160. The molecule has 0 radical (unpaired) electrons. The van der Waals surface area contributed by atoms with Crippen LogP contribution in [0.4, 0.5) is 10.5 Å². The van der Waals surface area contributed by atoms with Gasteiger partial charge in [-0.3, -0.25) is 5.32 Å². The average Bonchev–Trinajstić information content (AvgIpc) is 2.53. The predicted octanol–water partition coefficient (Wildman–Crippen LogP) is 3.88. The molecule has 0 heterocycles. The first kappa shape index (κ1) is 14.9. The van der Waals surface area contributed by atoms with Crippen LogP contribution >= 0.6 is 0 Å². The second-order valence-corrected chi connectivity index (χ2v) is 4.58. The molecule has 0 aliphatic rings. The third kappa shape index (κ3) is 5.18. The van der Waals surface area contributed by atoms with E-state index in [-0.39, 0.29) is 0 Å². The summed E-state index contributed by atoms with van der Waals surface area (Å²) in [5.74, 6) is 0.747. The molecule has 2 rings (SSSR count). The zero-order chi connectivity index (χ0) is 14.9. The maximum Gasteiger partial charge on any atom is 0.411 e. The number of amides is 1. The molecule has 0 atom stereocenters. The number of anilines is 1. The number of hydrogen-bond donors (Lipinski definition) is 1. The number of carbonyl (C=O) groups is 1.